The van der Waals surface area contributed by atoms with E-state index in [4.69, 9.17) is 0 Å². The summed E-state index contributed by atoms with van der Waals surface area (Å²) in [5, 5.41) is 0. The van der Waals surface area contributed by atoms with Gasteiger partial charge >= 0.3 is 0 Å². The lowest BCUT2D eigenvalue weighted by Gasteiger charge is -2.18. The molecule has 1 aromatic carbocycles. The van der Waals surface area contributed by atoms with E-state index in [1.54, 1.807) is 18.9 Å². The van der Waals surface area contributed by atoms with E-state index < -0.39 is 0 Å². The summed E-state index contributed by atoms with van der Waals surface area (Å²) in [4.78, 5) is 13.2. The minimum atomic E-state index is -0.0723. The lowest BCUT2D eigenvalue weighted by molar-refractivity contribution is -0.114. The van der Waals surface area contributed by atoms with Crippen LogP contribution in [0.15, 0.2) is 40.9 Å². The monoisotopic (exact) mass is 253 g/mol. The molecule has 0 unspecified atom stereocenters. The third kappa shape index (κ3) is 2.23. The van der Waals surface area contributed by atoms with Crippen molar-refractivity contribution in [3.8, 4) is 0 Å². The number of hydrogen-bond donors (Lipinski definition) is 0. The highest BCUT2D eigenvalue weighted by Crippen LogP contribution is 2.25. The van der Waals surface area contributed by atoms with E-state index in [9.17, 15) is 4.79 Å². The van der Waals surface area contributed by atoms with Crippen LogP contribution >= 0.6 is 15.9 Å². The highest BCUT2D eigenvalue weighted by Gasteiger charge is 2.12. The van der Waals surface area contributed by atoms with Gasteiger partial charge < -0.3 is 4.90 Å². The van der Waals surface area contributed by atoms with Gasteiger partial charge in [-0.2, -0.15) is 0 Å². The molecule has 0 aliphatic carbocycles. The fraction of sp³-hybridized carbons (Fsp3) is 0.182. The summed E-state index contributed by atoms with van der Waals surface area (Å²) >= 11 is 3.39. The van der Waals surface area contributed by atoms with Gasteiger partial charge in [-0.05, 0) is 35.0 Å². The maximum absolute atomic E-state index is 11.6. The summed E-state index contributed by atoms with van der Waals surface area (Å²) in [6.07, 6.45) is 0. The van der Waals surface area contributed by atoms with Gasteiger partial charge in [-0.15, -0.1) is 0 Å². The molecular weight excluding hydrogens is 242 g/mol. The number of carbonyl (C=O) groups excluding carboxylic acids is 1. The number of benzene rings is 1. The largest absolute Gasteiger partial charge is 0.311 e. The van der Waals surface area contributed by atoms with Crippen LogP contribution in [0.5, 0.6) is 0 Å². The van der Waals surface area contributed by atoms with E-state index in [1.165, 1.54) is 0 Å². The van der Waals surface area contributed by atoms with Crippen LogP contribution in [0, 0.1) is 0 Å². The maximum atomic E-state index is 11.6. The Morgan fingerprint density at radius 2 is 2.00 bits per heavy atom. The van der Waals surface area contributed by atoms with Crippen LogP contribution in [-0.4, -0.2) is 13.0 Å². The third-order valence-electron chi connectivity index (χ3n) is 1.88. The minimum absolute atomic E-state index is 0.0723. The summed E-state index contributed by atoms with van der Waals surface area (Å²) in [5.74, 6) is -0.0723. The molecule has 1 aromatic rings. The van der Waals surface area contributed by atoms with Gasteiger partial charge in [0.05, 0.1) is 5.69 Å². The van der Waals surface area contributed by atoms with Crippen molar-refractivity contribution in [2.75, 3.05) is 11.9 Å². The summed E-state index contributed by atoms with van der Waals surface area (Å²) in [5.41, 5.74) is 1.38. The molecule has 0 aliphatic rings. The minimum Gasteiger partial charge on any atom is -0.311 e. The second kappa shape index (κ2) is 4.42. The van der Waals surface area contributed by atoms with E-state index in [2.05, 4.69) is 22.5 Å². The Morgan fingerprint density at radius 3 is 2.50 bits per heavy atom. The molecule has 0 fully saturated rings. The Labute approximate surface area is 92.4 Å². The maximum Gasteiger partial charge on any atom is 0.253 e. The predicted molar refractivity (Wildman–Crippen MR) is 62.4 cm³/mol. The SMILES string of the molecule is C=C(C)C(=O)N(C)c1ccccc1Br. The lowest BCUT2D eigenvalue weighted by atomic mass is 10.2. The summed E-state index contributed by atoms with van der Waals surface area (Å²) in [7, 11) is 1.73. The number of carbonyl (C=O) groups is 1. The van der Waals surface area contributed by atoms with Gasteiger partial charge in [0.1, 0.15) is 0 Å². The number of rotatable bonds is 2. The van der Waals surface area contributed by atoms with Gasteiger partial charge in [-0.25, -0.2) is 0 Å². The Hall–Kier alpha value is -1.09. The summed E-state index contributed by atoms with van der Waals surface area (Å²) in [6, 6.07) is 7.58. The van der Waals surface area contributed by atoms with Gasteiger partial charge in [-0.3, -0.25) is 4.79 Å². The zero-order chi connectivity index (χ0) is 10.7. The highest BCUT2D eigenvalue weighted by molar-refractivity contribution is 9.10. The zero-order valence-electron chi connectivity index (χ0n) is 8.25. The molecule has 1 amide bonds. The van der Waals surface area contributed by atoms with Crippen molar-refractivity contribution in [3.63, 3.8) is 0 Å². The predicted octanol–water partition coefficient (Wildman–Crippen LogP) is 2.99. The first kappa shape index (κ1) is 11.0. The first-order valence-corrected chi connectivity index (χ1v) is 5.01. The van der Waals surface area contributed by atoms with E-state index in [1.807, 2.05) is 24.3 Å². The second-order valence-corrected chi connectivity index (χ2v) is 3.95. The number of anilines is 1. The Kier molecular flexibility index (Phi) is 3.47. The molecule has 0 saturated heterocycles. The molecule has 3 heteroatoms. The Balaban J connectivity index is 3.01. The lowest BCUT2D eigenvalue weighted by Crippen LogP contribution is -2.26. The molecule has 0 atom stereocenters. The van der Waals surface area contributed by atoms with Crippen LogP contribution in [0.1, 0.15) is 6.92 Å². The molecule has 0 bridgehead atoms. The second-order valence-electron chi connectivity index (χ2n) is 3.10. The molecule has 0 spiro atoms. The number of likely N-dealkylation sites (N-methyl/N-ethyl adjacent to an activating group) is 1. The summed E-state index contributed by atoms with van der Waals surface area (Å²) < 4.78 is 0.900. The van der Waals surface area contributed by atoms with Crippen molar-refractivity contribution >= 4 is 27.5 Å². The van der Waals surface area contributed by atoms with Crippen molar-refractivity contribution in [2.24, 2.45) is 0 Å². The smallest absolute Gasteiger partial charge is 0.253 e. The quantitative estimate of drug-likeness (QED) is 0.743. The number of nitrogens with zero attached hydrogens (tertiary/aromatic N) is 1. The van der Waals surface area contributed by atoms with Crippen molar-refractivity contribution in [2.45, 2.75) is 6.92 Å². The first-order chi connectivity index (χ1) is 6.54. The summed E-state index contributed by atoms with van der Waals surface area (Å²) in [6.45, 7) is 5.33. The molecule has 0 aliphatic heterocycles. The molecule has 74 valence electrons. The molecule has 2 nitrogen and oxygen atoms in total. The molecule has 0 saturated carbocycles. The number of hydrogen-bond acceptors (Lipinski definition) is 1. The molecule has 0 aromatic heterocycles. The number of halogens is 1. The average molecular weight is 254 g/mol. The fourth-order valence-electron chi connectivity index (χ4n) is 1.12. The van der Waals surface area contributed by atoms with Crippen molar-refractivity contribution < 1.29 is 4.79 Å². The van der Waals surface area contributed by atoms with Gasteiger partial charge in [-0.1, -0.05) is 18.7 Å². The van der Waals surface area contributed by atoms with Gasteiger partial charge in [0.2, 0.25) is 0 Å². The van der Waals surface area contributed by atoms with Crippen LogP contribution in [0.2, 0.25) is 0 Å². The van der Waals surface area contributed by atoms with E-state index in [-0.39, 0.29) is 5.91 Å². The standard InChI is InChI=1S/C11H12BrNO/c1-8(2)11(14)13(3)10-7-5-4-6-9(10)12/h4-7H,1H2,2-3H3. The number of para-hydroxylation sites is 1. The molecule has 0 heterocycles. The van der Waals surface area contributed by atoms with E-state index in [0.717, 1.165) is 10.2 Å². The van der Waals surface area contributed by atoms with Crippen LogP contribution < -0.4 is 4.90 Å². The van der Waals surface area contributed by atoms with Gasteiger partial charge in [0, 0.05) is 17.1 Å². The Morgan fingerprint density at radius 1 is 1.43 bits per heavy atom. The molecule has 0 radical (unpaired) electrons. The van der Waals surface area contributed by atoms with Crippen molar-refractivity contribution in [1.29, 1.82) is 0 Å². The van der Waals surface area contributed by atoms with Crippen LogP contribution in [-0.2, 0) is 4.79 Å². The van der Waals surface area contributed by atoms with Gasteiger partial charge in [0.25, 0.3) is 5.91 Å². The fourth-order valence-corrected chi connectivity index (χ4v) is 1.67. The van der Waals surface area contributed by atoms with Crippen molar-refractivity contribution in [1.82, 2.24) is 0 Å². The van der Waals surface area contributed by atoms with E-state index in [0.29, 0.717) is 5.57 Å². The third-order valence-corrected chi connectivity index (χ3v) is 2.55. The average Bonchev–Trinajstić information content (AvgIpc) is 2.16. The molecule has 1 rings (SSSR count). The number of amides is 1. The molecule has 0 N–H and O–H groups in total. The van der Waals surface area contributed by atoms with Crippen LogP contribution in [0.3, 0.4) is 0 Å². The normalized spacial score (nSPS) is 9.64. The Bertz CT molecular complexity index is 373. The van der Waals surface area contributed by atoms with Crippen LogP contribution in [0.4, 0.5) is 5.69 Å². The highest BCUT2D eigenvalue weighted by atomic mass is 79.9. The zero-order valence-corrected chi connectivity index (χ0v) is 9.84. The first-order valence-electron chi connectivity index (χ1n) is 4.22. The van der Waals surface area contributed by atoms with Gasteiger partial charge in [0.15, 0.2) is 0 Å². The molecular formula is C11H12BrNO. The van der Waals surface area contributed by atoms with E-state index >= 15 is 0 Å². The van der Waals surface area contributed by atoms with Crippen molar-refractivity contribution in [3.05, 3.63) is 40.9 Å². The van der Waals surface area contributed by atoms with Crippen LogP contribution in [0.25, 0.3) is 0 Å². The topological polar surface area (TPSA) is 20.3 Å². The molecule has 14 heavy (non-hydrogen) atoms.